The fourth-order valence-corrected chi connectivity index (χ4v) is 2.17. The zero-order valence-electron chi connectivity index (χ0n) is 15.0. The van der Waals surface area contributed by atoms with Gasteiger partial charge < -0.3 is 14.8 Å². The average molecular weight is 353 g/mol. The number of nitrogens with one attached hydrogen (secondary N) is 1. The third-order valence-electron chi connectivity index (χ3n) is 3.47. The Morgan fingerprint density at radius 3 is 2.35 bits per heavy atom. The predicted octanol–water partition coefficient (Wildman–Crippen LogP) is 4.10. The molecule has 136 valence electrons. The molecule has 0 bridgehead atoms. The maximum Gasteiger partial charge on any atom is 0.313 e. The number of anilines is 1. The van der Waals surface area contributed by atoms with Crippen molar-refractivity contribution in [2.75, 3.05) is 11.9 Å². The molecule has 0 saturated heterocycles. The Balaban J connectivity index is 1.77. The van der Waals surface area contributed by atoms with Crippen molar-refractivity contribution in [3.8, 4) is 5.75 Å². The minimum Gasteiger partial charge on any atom is -0.489 e. The zero-order chi connectivity index (χ0) is 18.8. The maximum atomic E-state index is 11.3. The normalized spacial score (nSPS) is 10.9. The van der Waals surface area contributed by atoms with Gasteiger partial charge >= 0.3 is 5.97 Å². The van der Waals surface area contributed by atoms with Gasteiger partial charge in [0.2, 0.25) is 0 Å². The number of benzene rings is 2. The van der Waals surface area contributed by atoms with Crippen LogP contribution in [0.3, 0.4) is 0 Å². The van der Waals surface area contributed by atoms with Crippen molar-refractivity contribution >= 4 is 17.4 Å². The van der Waals surface area contributed by atoms with Gasteiger partial charge in [-0.25, -0.2) is 0 Å². The van der Waals surface area contributed by atoms with Crippen LogP contribution < -0.4 is 10.1 Å². The van der Waals surface area contributed by atoms with Crippen LogP contribution in [0.1, 0.15) is 25.8 Å². The molecule has 0 fully saturated rings. The summed E-state index contributed by atoms with van der Waals surface area (Å²) in [5.41, 5.74) is 2.87. The highest BCUT2D eigenvalue weighted by molar-refractivity contribution is 5.94. The van der Waals surface area contributed by atoms with Crippen molar-refractivity contribution in [3.05, 3.63) is 71.9 Å². The van der Waals surface area contributed by atoms with Gasteiger partial charge in [-0.15, -0.1) is 0 Å². The van der Waals surface area contributed by atoms with Crippen LogP contribution in [-0.2, 0) is 20.9 Å². The molecule has 0 atom stereocenters. The lowest BCUT2D eigenvalue weighted by atomic mass is 10.2. The van der Waals surface area contributed by atoms with Crippen LogP contribution in [0.25, 0.3) is 0 Å². The van der Waals surface area contributed by atoms with E-state index in [4.69, 9.17) is 9.47 Å². The topological polar surface area (TPSA) is 64.6 Å². The molecule has 0 aromatic heterocycles. The summed E-state index contributed by atoms with van der Waals surface area (Å²) in [6, 6.07) is 17.6. The maximum absolute atomic E-state index is 11.3. The van der Waals surface area contributed by atoms with Gasteiger partial charge in [-0.05, 0) is 49.8 Å². The van der Waals surface area contributed by atoms with Gasteiger partial charge in [0.1, 0.15) is 31.2 Å². The number of ketones is 1. The predicted molar refractivity (Wildman–Crippen MR) is 101 cm³/mol. The summed E-state index contributed by atoms with van der Waals surface area (Å²) < 4.78 is 10.7. The number of ether oxygens (including phenoxy) is 2. The molecule has 0 aliphatic heterocycles. The number of allylic oxidation sites excluding steroid dienone is 1. The molecule has 0 aliphatic carbocycles. The van der Waals surface area contributed by atoms with E-state index in [1.54, 1.807) is 6.08 Å². The molecule has 0 heterocycles. The van der Waals surface area contributed by atoms with Crippen molar-refractivity contribution in [1.29, 1.82) is 0 Å². The molecule has 0 unspecified atom stereocenters. The highest BCUT2D eigenvalue weighted by atomic mass is 16.5. The standard InChI is InChI=1S/C21H23NO4/c1-16(12-13-25-21(24)14-17(2)23)22-19-8-10-20(11-9-19)26-15-18-6-4-3-5-7-18/h3-12,22H,13-15H2,1-2H3. The molecular formula is C21H23NO4. The minimum absolute atomic E-state index is 0.128. The van der Waals surface area contributed by atoms with E-state index in [2.05, 4.69) is 5.32 Å². The summed E-state index contributed by atoms with van der Waals surface area (Å²) in [5.74, 6) is 0.0732. The zero-order valence-corrected chi connectivity index (χ0v) is 15.0. The van der Waals surface area contributed by atoms with Gasteiger partial charge in [0.25, 0.3) is 0 Å². The average Bonchev–Trinajstić information content (AvgIpc) is 2.61. The van der Waals surface area contributed by atoms with Gasteiger partial charge in [0.15, 0.2) is 0 Å². The summed E-state index contributed by atoms with van der Waals surface area (Å²) in [6.07, 6.45) is 1.56. The largest absolute Gasteiger partial charge is 0.489 e. The highest BCUT2D eigenvalue weighted by Gasteiger charge is 2.05. The van der Waals surface area contributed by atoms with E-state index in [9.17, 15) is 9.59 Å². The quantitative estimate of drug-likeness (QED) is 0.543. The highest BCUT2D eigenvalue weighted by Crippen LogP contribution is 2.18. The molecule has 2 aromatic carbocycles. The Hall–Kier alpha value is -3.08. The first-order valence-corrected chi connectivity index (χ1v) is 8.38. The first-order chi connectivity index (χ1) is 12.5. The Bertz CT molecular complexity index is 751. The first kappa shape index (κ1) is 19.2. The van der Waals surface area contributed by atoms with Crippen molar-refractivity contribution in [2.24, 2.45) is 0 Å². The van der Waals surface area contributed by atoms with Crippen LogP contribution >= 0.6 is 0 Å². The van der Waals surface area contributed by atoms with Crippen LogP contribution in [0, 0.1) is 0 Å². The summed E-state index contributed by atoms with van der Waals surface area (Å²) in [4.78, 5) is 22.1. The second kappa shape index (κ2) is 10.0. The fourth-order valence-electron chi connectivity index (χ4n) is 2.17. The van der Waals surface area contributed by atoms with E-state index >= 15 is 0 Å². The van der Waals surface area contributed by atoms with Crippen LogP contribution in [0.5, 0.6) is 5.75 Å². The number of carbonyl (C=O) groups is 2. The lowest BCUT2D eigenvalue weighted by Crippen LogP contribution is -2.09. The molecule has 0 amide bonds. The smallest absolute Gasteiger partial charge is 0.313 e. The van der Waals surface area contributed by atoms with E-state index in [0.717, 1.165) is 22.7 Å². The minimum atomic E-state index is -0.513. The number of hydrogen-bond acceptors (Lipinski definition) is 5. The molecule has 5 heteroatoms. The number of esters is 1. The van der Waals surface area contributed by atoms with E-state index < -0.39 is 5.97 Å². The van der Waals surface area contributed by atoms with Crippen LogP contribution in [0.15, 0.2) is 66.4 Å². The third-order valence-corrected chi connectivity index (χ3v) is 3.47. The summed E-state index contributed by atoms with van der Waals surface area (Å²) in [5, 5.41) is 3.20. The van der Waals surface area contributed by atoms with Gasteiger partial charge in [-0.2, -0.15) is 0 Å². The molecule has 1 N–H and O–H groups in total. The Labute approximate surface area is 153 Å². The van der Waals surface area contributed by atoms with Gasteiger partial charge in [0.05, 0.1) is 0 Å². The van der Waals surface area contributed by atoms with Crippen LogP contribution in [0.4, 0.5) is 5.69 Å². The molecule has 2 rings (SSSR count). The van der Waals surface area contributed by atoms with E-state index in [0.29, 0.717) is 6.61 Å². The fraction of sp³-hybridized carbons (Fsp3) is 0.238. The van der Waals surface area contributed by atoms with Gasteiger partial charge in [0, 0.05) is 11.4 Å². The van der Waals surface area contributed by atoms with Gasteiger partial charge in [-0.3, -0.25) is 9.59 Å². The lowest BCUT2D eigenvalue weighted by molar-refractivity contribution is -0.144. The van der Waals surface area contributed by atoms with Crippen molar-refractivity contribution in [3.63, 3.8) is 0 Å². The second-order valence-corrected chi connectivity index (χ2v) is 5.87. The molecule has 0 aliphatic rings. The van der Waals surface area contributed by atoms with E-state index in [1.165, 1.54) is 6.92 Å². The number of rotatable bonds is 9. The van der Waals surface area contributed by atoms with Gasteiger partial charge in [-0.1, -0.05) is 30.3 Å². The number of carbonyl (C=O) groups excluding carboxylic acids is 2. The number of Topliss-reactive ketones (excluding diaryl/α,β-unsaturated/α-hetero) is 1. The molecule has 0 saturated carbocycles. The molecule has 2 aromatic rings. The molecule has 26 heavy (non-hydrogen) atoms. The third kappa shape index (κ3) is 7.21. The van der Waals surface area contributed by atoms with Crippen molar-refractivity contribution < 1.29 is 19.1 Å². The second-order valence-electron chi connectivity index (χ2n) is 5.87. The summed E-state index contributed by atoms with van der Waals surface area (Å²) in [6.45, 7) is 3.89. The first-order valence-electron chi connectivity index (χ1n) is 8.38. The summed E-state index contributed by atoms with van der Waals surface area (Å²) >= 11 is 0. The SMILES string of the molecule is CC(=O)CC(=O)OCC=C(C)Nc1ccc(OCc2ccccc2)cc1. The Morgan fingerprint density at radius 2 is 1.69 bits per heavy atom. The molecular weight excluding hydrogens is 330 g/mol. The monoisotopic (exact) mass is 353 g/mol. The molecule has 5 nitrogen and oxygen atoms in total. The van der Waals surface area contributed by atoms with E-state index in [-0.39, 0.29) is 18.8 Å². The van der Waals surface area contributed by atoms with Crippen molar-refractivity contribution in [2.45, 2.75) is 26.9 Å². The lowest BCUT2D eigenvalue weighted by Gasteiger charge is -2.09. The number of hydrogen-bond donors (Lipinski definition) is 1. The molecule has 0 radical (unpaired) electrons. The summed E-state index contributed by atoms with van der Waals surface area (Å²) in [7, 11) is 0. The van der Waals surface area contributed by atoms with Crippen molar-refractivity contribution in [1.82, 2.24) is 0 Å². The Morgan fingerprint density at radius 1 is 1.00 bits per heavy atom. The van der Waals surface area contributed by atoms with Crippen LogP contribution in [-0.4, -0.2) is 18.4 Å². The molecule has 0 spiro atoms. The Kier molecular flexibility index (Phi) is 7.43. The van der Waals surface area contributed by atoms with E-state index in [1.807, 2.05) is 61.5 Å². The van der Waals surface area contributed by atoms with Crippen LogP contribution in [0.2, 0.25) is 0 Å².